The maximum Gasteiger partial charge on any atom is 0.233 e. The number of carbonyl (C=O) groups is 4. The van der Waals surface area contributed by atoms with Gasteiger partial charge in [0.05, 0.1) is 18.9 Å². The van der Waals surface area contributed by atoms with Crippen LogP contribution in [0.15, 0.2) is 76.9 Å². The average molecular weight is 540 g/mol. The molecule has 2 N–H and O–H groups in total. The summed E-state index contributed by atoms with van der Waals surface area (Å²) in [7, 11) is 1.51. The number of ether oxygens (including phenoxy) is 1. The number of allylic oxidation sites excluding steroid dienone is 6. The van der Waals surface area contributed by atoms with Crippen LogP contribution in [0.3, 0.4) is 0 Å². The molecule has 1 aliphatic heterocycles. The molecule has 8 heteroatoms. The number of nitrogens with zero attached hydrogens (tertiary/aromatic N) is 1. The van der Waals surface area contributed by atoms with Crippen LogP contribution in [-0.4, -0.2) is 52.1 Å². The van der Waals surface area contributed by atoms with Crippen LogP contribution in [0, 0.1) is 17.8 Å². The molecule has 1 fully saturated rings. The first kappa shape index (κ1) is 25.8. The maximum atomic E-state index is 13.9. The Morgan fingerprint density at radius 1 is 0.975 bits per heavy atom. The molecular formula is C32H29NO7. The number of phenols is 2. The molecule has 8 nitrogen and oxygen atoms in total. The zero-order valence-electron chi connectivity index (χ0n) is 22.2. The molecule has 1 heterocycles. The van der Waals surface area contributed by atoms with Gasteiger partial charge in [0.2, 0.25) is 11.8 Å². The SMILES string of the molecule is COc1ccc(O)c(C2C3=CCC4C(=O)N(CCc5ccc(O)cc5)C(=O)C4C3CC3=C2C(=O)C=C(C)C3=O)c1. The van der Waals surface area contributed by atoms with E-state index >= 15 is 0 Å². The first-order valence-electron chi connectivity index (χ1n) is 13.4. The second-order valence-electron chi connectivity index (χ2n) is 10.9. The lowest BCUT2D eigenvalue weighted by Gasteiger charge is -2.42. The fourth-order valence-corrected chi connectivity index (χ4v) is 6.82. The highest BCUT2D eigenvalue weighted by molar-refractivity contribution is 6.23. The fraction of sp³-hybridized carbons (Fsp3) is 0.312. The second-order valence-corrected chi connectivity index (χ2v) is 10.9. The lowest BCUT2D eigenvalue weighted by atomic mass is 9.59. The van der Waals surface area contributed by atoms with Gasteiger partial charge in [-0.1, -0.05) is 23.8 Å². The van der Waals surface area contributed by atoms with Gasteiger partial charge in [-0.15, -0.1) is 0 Å². The number of aromatic hydroxyl groups is 2. The summed E-state index contributed by atoms with van der Waals surface area (Å²) in [4.78, 5) is 55.4. The summed E-state index contributed by atoms with van der Waals surface area (Å²) < 4.78 is 5.39. The van der Waals surface area contributed by atoms with Gasteiger partial charge in [-0.05, 0) is 74.1 Å². The number of hydrogen-bond acceptors (Lipinski definition) is 7. The molecule has 2 amide bonds. The molecule has 0 saturated carbocycles. The minimum Gasteiger partial charge on any atom is -0.508 e. The molecule has 4 unspecified atom stereocenters. The number of likely N-dealkylation sites (tertiary alicyclic amines) is 1. The van der Waals surface area contributed by atoms with Gasteiger partial charge in [0.25, 0.3) is 0 Å². The third kappa shape index (κ3) is 3.97. The summed E-state index contributed by atoms with van der Waals surface area (Å²) in [5.74, 6) is -2.86. The fourth-order valence-electron chi connectivity index (χ4n) is 6.82. The number of rotatable bonds is 5. The molecular weight excluding hydrogens is 510 g/mol. The smallest absolute Gasteiger partial charge is 0.233 e. The van der Waals surface area contributed by atoms with E-state index < -0.39 is 23.7 Å². The minimum atomic E-state index is -0.737. The third-order valence-electron chi connectivity index (χ3n) is 8.76. The van der Waals surface area contributed by atoms with E-state index in [9.17, 15) is 29.4 Å². The van der Waals surface area contributed by atoms with Crippen LogP contribution in [0.2, 0.25) is 0 Å². The summed E-state index contributed by atoms with van der Waals surface area (Å²) in [5.41, 5.74) is 3.10. The molecule has 2 aromatic rings. The van der Waals surface area contributed by atoms with Crippen molar-refractivity contribution in [3.05, 3.63) is 88.0 Å². The van der Waals surface area contributed by atoms with Gasteiger partial charge >= 0.3 is 0 Å². The molecule has 6 rings (SSSR count). The Bertz CT molecular complexity index is 1560. The standard InChI is InChI=1S/C32H29NO7/c1-16-13-26(36)29-24(30(16)37)15-22-20(27(29)23-14-19(40-2)7-10-25(23)35)8-9-21-28(22)32(39)33(31(21)38)12-11-17-3-5-18(34)6-4-17/h3-8,10,13-14,21-22,27-28,34-35H,9,11-12,15H2,1-2H3. The Balaban J connectivity index is 1.40. The summed E-state index contributed by atoms with van der Waals surface area (Å²) in [6, 6.07) is 11.4. The van der Waals surface area contributed by atoms with Gasteiger partial charge in [-0.2, -0.15) is 0 Å². The highest BCUT2D eigenvalue weighted by Gasteiger charge is 2.56. The van der Waals surface area contributed by atoms with Gasteiger partial charge in [-0.3, -0.25) is 24.1 Å². The lowest BCUT2D eigenvalue weighted by Crippen LogP contribution is -2.40. The molecule has 0 spiro atoms. The molecule has 3 aliphatic carbocycles. The van der Waals surface area contributed by atoms with Crippen molar-refractivity contribution >= 4 is 23.4 Å². The van der Waals surface area contributed by atoms with Crippen LogP contribution in [0.25, 0.3) is 0 Å². The number of Topliss-reactive ketones (excluding diaryl/α,β-unsaturated/α-hetero) is 1. The normalized spacial score (nSPS) is 25.8. The van der Waals surface area contributed by atoms with Crippen molar-refractivity contribution in [2.75, 3.05) is 13.7 Å². The van der Waals surface area contributed by atoms with E-state index in [1.807, 2.05) is 6.08 Å². The van der Waals surface area contributed by atoms with Crippen molar-refractivity contribution in [1.29, 1.82) is 0 Å². The van der Waals surface area contributed by atoms with Crippen LogP contribution in [-0.2, 0) is 25.6 Å². The Morgan fingerprint density at radius 2 is 1.73 bits per heavy atom. The molecule has 0 bridgehead atoms. The highest BCUT2D eigenvalue weighted by Crippen LogP contribution is 2.56. The van der Waals surface area contributed by atoms with E-state index in [4.69, 9.17) is 4.74 Å². The number of fused-ring (bicyclic) bond motifs is 3. The van der Waals surface area contributed by atoms with Crippen LogP contribution in [0.1, 0.15) is 36.8 Å². The molecule has 1 saturated heterocycles. The van der Waals surface area contributed by atoms with Crippen molar-refractivity contribution < 1.29 is 34.1 Å². The number of carbonyl (C=O) groups excluding carboxylic acids is 4. The highest BCUT2D eigenvalue weighted by atomic mass is 16.5. The van der Waals surface area contributed by atoms with Crippen LogP contribution in [0.4, 0.5) is 0 Å². The summed E-state index contributed by atoms with van der Waals surface area (Å²) in [6.07, 6.45) is 4.24. The van der Waals surface area contributed by atoms with Crippen molar-refractivity contribution in [2.24, 2.45) is 17.8 Å². The maximum absolute atomic E-state index is 13.9. The van der Waals surface area contributed by atoms with E-state index in [0.717, 1.165) is 11.1 Å². The summed E-state index contributed by atoms with van der Waals surface area (Å²) >= 11 is 0. The Morgan fingerprint density at radius 3 is 2.45 bits per heavy atom. The van der Waals surface area contributed by atoms with E-state index in [0.29, 0.717) is 40.9 Å². The second kappa shape index (κ2) is 9.62. The molecule has 2 aromatic carbocycles. The van der Waals surface area contributed by atoms with Crippen molar-refractivity contribution in [3.63, 3.8) is 0 Å². The number of amides is 2. The Kier molecular flexibility index (Phi) is 6.21. The molecule has 4 atom stereocenters. The van der Waals surface area contributed by atoms with Gasteiger partial charge < -0.3 is 14.9 Å². The monoisotopic (exact) mass is 539 g/mol. The van der Waals surface area contributed by atoms with Crippen molar-refractivity contribution in [3.8, 4) is 17.2 Å². The first-order valence-corrected chi connectivity index (χ1v) is 13.4. The number of phenolic OH excluding ortho intramolecular Hbond substituents is 2. The lowest BCUT2D eigenvalue weighted by molar-refractivity contribution is -0.140. The van der Waals surface area contributed by atoms with E-state index in [2.05, 4.69) is 0 Å². The van der Waals surface area contributed by atoms with Crippen LogP contribution in [0.5, 0.6) is 17.2 Å². The summed E-state index contributed by atoms with van der Waals surface area (Å²) in [6.45, 7) is 1.82. The number of hydrogen-bond donors (Lipinski definition) is 2. The predicted molar refractivity (Wildman–Crippen MR) is 145 cm³/mol. The topological polar surface area (TPSA) is 121 Å². The van der Waals surface area contributed by atoms with Crippen molar-refractivity contribution in [2.45, 2.75) is 32.1 Å². The van der Waals surface area contributed by atoms with E-state index in [1.165, 1.54) is 24.2 Å². The summed E-state index contributed by atoms with van der Waals surface area (Å²) in [5, 5.41) is 20.5. The predicted octanol–water partition coefficient (Wildman–Crippen LogP) is 3.78. The first-order chi connectivity index (χ1) is 19.2. The van der Waals surface area contributed by atoms with E-state index in [1.54, 1.807) is 43.3 Å². The van der Waals surface area contributed by atoms with Gasteiger partial charge in [0, 0.05) is 34.7 Å². The zero-order valence-corrected chi connectivity index (χ0v) is 22.2. The molecule has 204 valence electrons. The van der Waals surface area contributed by atoms with Crippen LogP contribution < -0.4 is 4.74 Å². The number of benzene rings is 2. The quantitative estimate of drug-likeness (QED) is 0.337. The molecule has 0 radical (unpaired) electrons. The average Bonchev–Trinajstić information content (AvgIpc) is 3.19. The number of ketones is 2. The third-order valence-corrected chi connectivity index (χ3v) is 8.76. The molecule has 0 aromatic heterocycles. The van der Waals surface area contributed by atoms with Gasteiger partial charge in [0.15, 0.2) is 11.6 Å². The Labute approximate surface area is 231 Å². The number of imide groups is 1. The zero-order chi connectivity index (χ0) is 28.3. The molecule has 40 heavy (non-hydrogen) atoms. The van der Waals surface area contributed by atoms with Gasteiger partial charge in [-0.25, -0.2) is 0 Å². The number of methoxy groups -OCH3 is 1. The van der Waals surface area contributed by atoms with Crippen LogP contribution >= 0.6 is 0 Å². The van der Waals surface area contributed by atoms with E-state index in [-0.39, 0.29) is 47.8 Å². The minimum absolute atomic E-state index is 0.0443. The molecule has 4 aliphatic rings. The van der Waals surface area contributed by atoms with Crippen molar-refractivity contribution in [1.82, 2.24) is 4.90 Å². The van der Waals surface area contributed by atoms with Gasteiger partial charge in [0.1, 0.15) is 17.2 Å². The largest absolute Gasteiger partial charge is 0.508 e. The Hall–Kier alpha value is -4.46.